The number of halogens is 1. The van der Waals surface area contributed by atoms with Gasteiger partial charge in [0.25, 0.3) is 0 Å². The SMILES string of the molecule is COCc1cc(CNC(=O)[C@@H](N)Cc2cn(Cc3ccccc3)cn2)ccc1F. The Balaban J connectivity index is 1.51. The largest absolute Gasteiger partial charge is 0.380 e. The molecule has 0 spiro atoms. The van der Waals surface area contributed by atoms with Gasteiger partial charge < -0.3 is 20.4 Å². The molecule has 2 aromatic carbocycles. The Bertz CT molecular complexity index is 943. The van der Waals surface area contributed by atoms with Gasteiger partial charge in [-0.1, -0.05) is 36.4 Å². The monoisotopic (exact) mass is 396 g/mol. The molecule has 0 radical (unpaired) electrons. The molecule has 0 saturated heterocycles. The van der Waals surface area contributed by atoms with Gasteiger partial charge in [0.2, 0.25) is 5.91 Å². The van der Waals surface area contributed by atoms with Crippen molar-refractivity contribution in [2.75, 3.05) is 7.11 Å². The van der Waals surface area contributed by atoms with Gasteiger partial charge in [-0.15, -0.1) is 0 Å². The number of amides is 1. The molecule has 0 saturated carbocycles. The van der Waals surface area contributed by atoms with Crippen molar-refractivity contribution in [2.45, 2.75) is 32.2 Å². The Morgan fingerprint density at radius 1 is 1.24 bits per heavy atom. The van der Waals surface area contributed by atoms with Crippen LogP contribution >= 0.6 is 0 Å². The van der Waals surface area contributed by atoms with E-state index in [4.69, 9.17) is 10.5 Å². The first-order chi connectivity index (χ1) is 14.0. The van der Waals surface area contributed by atoms with Crippen LogP contribution in [0.15, 0.2) is 61.1 Å². The zero-order valence-electron chi connectivity index (χ0n) is 16.3. The molecule has 3 aromatic rings. The number of benzene rings is 2. The van der Waals surface area contributed by atoms with E-state index in [1.165, 1.54) is 18.7 Å². The topological polar surface area (TPSA) is 82.2 Å². The van der Waals surface area contributed by atoms with Crippen molar-refractivity contribution in [2.24, 2.45) is 5.73 Å². The molecule has 152 valence electrons. The maximum Gasteiger partial charge on any atom is 0.237 e. The van der Waals surface area contributed by atoms with Crippen molar-refractivity contribution in [1.29, 1.82) is 0 Å². The summed E-state index contributed by atoms with van der Waals surface area (Å²) in [4.78, 5) is 16.7. The average molecular weight is 396 g/mol. The normalized spacial score (nSPS) is 12.0. The number of rotatable bonds is 9. The van der Waals surface area contributed by atoms with Gasteiger partial charge in [-0.05, 0) is 23.3 Å². The van der Waals surface area contributed by atoms with E-state index >= 15 is 0 Å². The van der Waals surface area contributed by atoms with Crippen molar-refractivity contribution in [3.63, 3.8) is 0 Å². The van der Waals surface area contributed by atoms with Crippen LogP contribution in [-0.4, -0.2) is 28.6 Å². The minimum atomic E-state index is -0.714. The fourth-order valence-electron chi connectivity index (χ4n) is 3.03. The van der Waals surface area contributed by atoms with Crippen LogP contribution in [0.2, 0.25) is 0 Å². The van der Waals surface area contributed by atoms with Crippen LogP contribution in [0.25, 0.3) is 0 Å². The summed E-state index contributed by atoms with van der Waals surface area (Å²) in [6.07, 6.45) is 3.98. The summed E-state index contributed by atoms with van der Waals surface area (Å²) in [6, 6.07) is 14.0. The van der Waals surface area contributed by atoms with Crippen LogP contribution in [0.5, 0.6) is 0 Å². The van der Waals surface area contributed by atoms with Gasteiger partial charge in [-0.3, -0.25) is 4.79 Å². The Hall–Kier alpha value is -3.03. The third-order valence-electron chi connectivity index (χ3n) is 4.54. The Labute approximate surface area is 169 Å². The van der Waals surface area contributed by atoms with Crippen molar-refractivity contribution < 1.29 is 13.9 Å². The van der Waals surface area contributed by atoms with Gasteiger partial charge in [0.05, 0.1) is 24.7 Å². The van der Waals surface area contributed by atoms with E-state index in [2.05, 4.69) is 10.3 Å². The average Bonchev–Trinajstić information content (AvgIpc) is 3.15. The standard InChI is InChI=1S/C22H25FN4O2/c1-29-14-18-9-17(7-8-20(18)23)11-25-22(28)21(24)10-19-13-27(15-26-19)12-16-5-3-2-4-6-16/h2-9,13,15,21H,10-12,14,24H2,1H3,(H,25,28)/t21-/m0/s1. The van der Waals surface area contributed by atoms with Gasteiger partial charge in [-0.25, -0.2) is 9.37 Å². The highest BCUT2D eigenvalue weighted by Crippen LogP contribution is 2.12. The Kier molecular flexibility index (Phi) is 7.10. The molecule has 0 aliphatic heterocycles. The van der Waals surface area contributed by atoms with E-state index in [-0.39, 0.29) is 24.9 Å². The second-order valence-electron chi connectivity index (χ2n) is 6.91. The van der Waals surface area contributed by atoms with E-state index in [9.17, 15) is 9.18 Å². The van der Waals surface area contributed by atoms with E-state index in [1.54, 1.807) is 18.5 Å². The number of imidazole rings is 1. The molecule has 6 nitrogen and oxygen atoms in total. The van der Waals surface area contributed by atoms with Gasteiger partial charge in [0.15, 0.2) is 0 Å². The smallest absolute Gasteiger partial charge is 0.237 e. The highest BCUT2D eigenvalue weighted by atomic mass is 19.1. The van der Waals surface area contributed by atoms with Crippen LogP contribution in [-0.2, 0) is 35.6 Å². The zero-order chi connectivity index (χ0) is 20.6. The summed E-state index contributed by atoms with van der Waals surface area (Å²) in [6.45, 7) is 1.16. The van der Waals surface area contributed by atoms with Crippen LogP contribution < -0.4 is 11.1 Å². The van der Waals surface area contributed by atoms with Crippen molar-refractivity contribution >= 4 is 5.91 Å². The zero-order valence-corrected chi connectivity index (χ0v) is 16.3. The number of aromatic nitrogens is 2. The third kappa shape index (κ3) is 5.97. The predicted octanol–water partition coefficient (Wildman–Crippen LogP) is 2.40. The molecule has 7 heteroatoms. The number of hydrogen-bond acceptors (Lipinski definition) is 4. The molecule has 0 bridgehead atoms. The number of carbonyl (C=O) groups excluding carboxylic acids is 1. The van der Waals surface area contributed by atoms with Crippen molar-refractivity contribution in [1.82, 2.24) is 14.9 Å². The summed E-state index contributed by atoms with van der Waals surface area (Å²) >= 11 is 0. The number of nitrogens with zero attached hydrogens (tertiary/aromatic N) is 2. The summed E-state index contributed by atoms with van der Waals surface area (Å²) in [7, 11) is 1.51. The Morgan fingerprint density at radius 3 is 2.79 bits per heavy atom. The molecular weight excluding hydrogens is 371 g/mol. The maximum atomic E-state index is 13.7. The molecule has 3 rings (SSSR count). The summed E-state index contributed by atoms with van der Waals surface area (Å²) in [5.74, 6) is -0.607. The predicted molar refractivity (Wildman–Crippen MR) is 108 cm³/mol. The first-order valence-corrected chi connectivity index (χ1v) is 9.39. The lowest BCUT2D eigenvalue weighted by Gasteiger charge is -2.12. The summed E-state index contributed by atoms with van der Waals surface area (Å²) < 4.78 is 20.6. The number of carbonyl (C=O) groups is 1. The highest BCUT2D eigenvalue weighted by molar-refractivity contribution is 5.81. The molecule has 1 aromatic heterocycles. The van der Waals surface area contributed by atoms with Gasteiger partial charge in [-0.2, -0.15) is 0 Å². The number of nitrogens with two attached hydrogens (primary N) is 1. The number of nitrogens with one attached hydrogen (secondary N) is 1. The van der Waals surface area contributed by atoms with E-state index < -0.39 is 6.04 Å². The molecule has 0 aliphatic carbocycles. The van der Waals surface area contributed by atoms with Crippen LogP contribution in [0.4, 0.5) is 4.39 Å². The fraction of sp³-hybridized carbons (Fsp3) is 0.273. The first kappa shape index (κ1) is 20.7. The molecule has 0 unspecified atom stereocenters. The second-order valence-corrected chi connectivity index (χ2v) is 6.91. The second kappa shape index (κ2) is 9.95. The molecule has 0 fully saturated rings. The van der Waals surface area contributed by atoms with Crippen molar-refractivity contribution in [3.8, 4) is 0 Å². The lowest BCUT2D eigenvalue weighted by Crippen LogP contribution is -2.41. The maximum absolute atomic E-state index is 13.7. The molecule has 29 heavy (non-hydrogen) atoms. The van der Waals surface area contributed by atoms with Crippen molar-refractivity contribution in [3.05, 3.63) is 89.3 Å². The van der Waals surface area contributed by atoms with E-state index in [1.807, 2.05) is 41.1 Å². The molecule has 3 N–H and O–H groups in total. The summed E-state index contributed by atoms with van der Waals surface area (Å²) in [5, 5.41) is 2.79. The Morgan fingerprint density at radius 2 is 2.03 bits per heavy atom. The number of hydrogen-bond donors (Lipinski definition) is 2. The number of methoxy groups -OCH3 is 1. The highest BCUT2D eigenvalue weighted by Gasteiger charge is 2.15. The lowest BCUT2D eigenvalue weighted by atomic mass is 10.1. The first-order valence-electron chi connectivity index (χ1n) is 9.39. The van der Waals surface area contributed by atoms with Gasteiger partial charge in [0.1, 0.15) is 5.82 Å². The van der Waals surface area contributed by atoms with E-state index in [0.29, 0.717) is 18.5 Å². The van der Waals surface area contributed by atoms with E-state index in [0.717, 1.165) is 11.3 Å². The lowest BCUT2D eigenvalue weighted by molar-refractivity contribution is -0.122. The van der Waals surface area contributed by atoms with Crippen LogP contribution in [0, 0.1) is 5.82 Å². The quantitative estimate of drug-likeness (QED) is 0.582. The molecule has 1 amide bonds. The molecule has 1 atom stereocenters. The van der Waals surface area contributed by atoms with Crippen LogP contribution in [0.1, 0.15) is 22.4 Å². The summed E-state index contributed by atoms with van der Waals surface area (Å²) in [5.41, 5.74) is 9.20. The third-order valence-corrected chi connectivity index (χ3v) is 4.54. The molecule has 1 heterocycles. The fourth-order valence-corrected chi connectivity index (χ4v) is 3.03. The van der Waals surface area contributed by atoms with Crippen LogP contribution in [0.3, 0.4) is 0 Å². The number of ether oxygens (including phenoxy) is 1. The van der Waals surface area contributed by atoms with Gasteiger partial charge >= 0.3 is 0 Å². The minimum absolute atomic E-state index is 0.179. The minimum Gasteiger partial charge on any atom is -0.380 e. The van der Waals surface area contributed by atoms with Gasteiger partial charge in [0, 0.05) is 38.4 Å². The molecule has 0 aliphatic rings. The molecular formula is C22H25FN4O2.